The molecular weight excluding hydrogens is 593 g/mol. The molecule has 2 aromatic carbocycles. The molecule has 1 N–H and O–H groups in total. The van der Waals surface area contributed by atoms with Gasteiger partial charge >= 0.3 is 12.1 Å². The summed E-state index contributed by atoms with van der Waals surface area (Å²) >= 11 is 0. The maximum atomic E-state index is 13.3. The van der Waals surface area contributed by atoms with Gasteiger partial charge in [-0.15, -0.1) is 0 Å². The Morgan fingerprint density at radius 2 is 1.57 bits per heavy atom. The molecule has 4 heterocycles. The zero-order valence-corrected chi connectivity index (χ0v) is 24.9. The minimum Gasteiger partial charge on any atom is -0.491 e. The van der Waals surface area contributed by atoms with Gasteiger partial charge in [0.2, 0.25) is 0 Å². The Morgan fingerprint density at radius 3 is 2.15 bits per heavy atom. The van der Waals surface area contributed by atoms with Crippen molar-refractivity contribution in [2.75, 3.05) is 0 Å². The van der Waals surface area contributed by atoms with Gasteiger partial charge in [0.25, 0.3) is 0 Å². The van der Waals surface area contributed by atoms with Crippen LogP contribution in [-0.2, 0) is 12.6 Å². The number of benzene rings is 2. The van der Waals surface area contributed by atoms with Crippen LogP contribution in [0.15, 0.2) is 110 Å². The number of pyridine rings is 3. The maximum Gasteiger partial charge on any atom is 0.417 e. The van der Waals surface area contributed by atoms with Gasteiger partial charge in [0, 0.05) is 59.1 Å². The number of aromatic carboxylic acids is 1. The van der Waals surface area contributed by atoms with Crippen molar-refractivity contribution in [1.29, 1.82) is 0 Å². The summed E-state index contributed by atoms with van der Waals surface area (Å²) in [6.07, 6.45) is 3.42. The SMILES string of the molecule is CC(C)Oc1ccc(-n2c(C(=O)O)c(C(Cc3ccncc3)c3ccncc3)c3cc(-c4ccc(C(F)(F)F)cn4)ccc32)cc1. The number of carbonyl (C=O) groups is 1. The molecule has 4 aromatic heterocycles. The first kappa shape index (κ1) is 30.5. The van der Waals surface area contributed by atoms with E-state index in [1.54, 1.807) is 59.7 Å². The first-order valence-electron chi connectivity index (χ1n) is 14.6. The van der Waals surface area contributed by atoms with Crippen molar-refractivity contribution in [2.24, 2.45) is 0 Å². The van der Waals surface area contributed by atoms with Crippen molar-refractivity contribution in [1.82, 2.24) is 19.5 Å². The van der Waals surface area contributed by atoms with E-state index in [-0.39, 0.29) is 11.8 Å². The van der Waals surface area contributed by atoms with E-state index < -0.39 is 23.6 Å². The van der Waals surface area contributed by atoms with Gasteiger partial charge < -0.3 is 14.4 Å². The van der Waals surface area contributed by atoms with Gasteiger partial charge in [-0.25, -0.2) is 4.79 Å². The van der Waals surface area contributed by atoms with Crippen LogP contribution in [0, 0.1) is 0 Å². The summed E-state index contributed by atoms with van der Waals surface area (Å²) in [5, 5.41) is 11.5. The summed E-state index contributed by atoms with van der Waals surface area (Å²) in [6.45, 7) is 3.85. The fourth-order valence-electron chi connectivity index (χ4n) is 5.72. The van der Waals surface area contributed by atoms with Gasteiger partial charge in [-0.1, -0.05) is 6.07 Å². The van der Waals surface area contributed by atoms with Crippen LogP contribution >= 0.6 is 0 Å². The molecule has 0 aliphatic heterocycles. The van der Waals surface area contributed by atoms with Crippen molar-refractivity contribution in [3.05, 3.63) is 138 Å². The van der Waals surface area contributed by atoms with Crippen molar-refractivity contribution in [3.8, 4) is 22.7 Å². The van der Waals surface area contributed by atoms with E-state index in [4.69, 9.17) is 4.74 Å². The smallest absolute Gasteiger partial charge is 0.417 e. The van der Waals surface area contributed by atoms with Crippen LogP contribution in [0.25, 0.3) is 27.8 Å². The number of carboxylic acid groups (broad SMARTS) is 1. The molecule has 0 fully saturated rings. The summed E-state index contributed by atoms with van der Waals surface area (Å²) < 4.78 is 47.3. The Balaban J connectivity index is 1.62. The zero-order valence-electron chi connectivity index (χ0n) is 24.9. The van der Waals surface area contributed by atoms with Gasteiger partial charge in [-0.3, -0.25) is 15.0 Å². The van der Waals surface area contributed by atoms with E-state index in [9.17, 15) is 23.1 Å². The van der Waals surface area contributed by atoms with Crippen molar-refractivity contribution >= 4 is 16.9 Å². The summed E-state index contributed by atoms with van der Waals surface area (Å²) in [4.78, 5) is 25.7. The molecule has 0 aliphatic carbocycles. The number of nitrogens with zero attached hydrogens (tertiary/aromatic N) is 4. The molecule has 232 valence electrons. The molecule has 0 saturated heterocycles. The summed E-state index contributed by atoms with van der Waals surface area (Å²) in [5.41, 5.74) is 3.69. The fourth-order valence-corrected chi connectivity index (χ4v) is 5.72. The molecule has 6 aromatic rings. The standard InChI is InChI=1S/C36H29F3N4O3/c1-22(2)46-28-7-5-27(6-8-28)43-32-10-3-25(31-9-4-26(21-42-31)36(37,38)39)20-30(32)33(34(43)35(44)45)29(24-13-17-41-18-14-24)19-23-11-15-40-16-12-23/h3-18,20-22,29H,19H2,1-2H3,(H,44,45). The van der Waals surface area contributed by atoms with Crippen LogP contribution in [0.2, 0.25) is 0 Å². The normalized spacial score (nSPS) is 12.4. The Hall–Kier alpha value is -5.51. The van der Waals surface area contributed by atoms with E-state index in [0.717, 1.165) is 23.4 Å². The van der Waals surface area contributed by atoms with Crippen LogP contribution in [0.3, 0.4) is 0 Å². The van der Waals surface area contributed by atoms with E-state index in [2.05, 4.69) is 15.0 Å². The molecule has 0 spiro atoms. The highest BCUT2D eigenvalue weighted by Gasteiger charge is 2.32. The summed E-state index contributed by atoms with van der Waals surface area (Å²) in [6, 6.07) is 22.4. The molecule has 1 atom stereocenters. The second-order valence-electron chi connectivity index (χ2n) is 11.1. The van der Waals surface area contributed by atoms with Gasteiger partial charge in [0.1, 0.15) is 11.4 Å². The fraction of sp³-hybridized carbons (Fsp3) is 0.167. The average Bonchev–Trinajstić information content (AvgIpc) is 3.39. The number of ether oxygens (including phenoxy) is 1. The van der Waals surface area contributed by atoms with Crippen LogP contribution in [0.1, 0.15) is 52.5 Å². The third kappa shape index (κ3) is 6.19. The van der Waals surface area contributed by atoms with Crippen LogP contribution in [0.5, 0.6) is 5.75 Å². The second-order valence-corrected chi connectivity index (χ2v) is 11.1. The number of fused-ring (bicyclic) bond motifs is 1. The lowest BCUT2D eigenvalue weighted by atomic mass is 9.84. The molecule has 46 heavy (non-hydrogen) atoms. The number of hydrogen-bond acceptors (Lipinski definition) is 5. The minimum atomic E-state index is -4.52. The van der Waals surface area contributed by atoms with E-state index in [1.165, 1.54) is 6.07 Å². The number of carboxylic acids is 1. The Bertz CT molecular complexity index is 1970. The van der Waals surface area contributed by atoms with Gasteiger partial charge in [0.05, 0.1) is 22.9 Å². The lowest BCUT2D eigenvalue weighted by Crippen LogP contribution is -2.14. The molecule has 1 unspecified atom stereocenters. The van der Waals surface area contributed by atoms with Crippen molar-refractivity contribution in [3.63, 3.8) is 0 Å². The average molecular weight is 623 g/mol. The molecule has 10 heteroatoms. The predicted octanol–water partition coefficient (Wildman–Crippen LogP) is 8.36. The van der Waals surface area contributed by atoms with E-state index in [0.29, 0.717) is 45.6 Å². The lowest BCUT2D eigenvalue weighted by molar-refractivity contribution is -0.137. The molecule has 7 nitrogen and oxygen atoms in total. The van der Waals surface area contributed by atoms with Crippen molar-refractivity contribution < 1.29 is 27.8 Å². The zero-order chi connectivity index (χ0) is 32.4. The number of aromatic nitrogens is 4. The third-order valence-electron chi connectivity index (χ3n) is 7.71. The highest BCUT2D eigenvalue weighted by Crippen LogP contribution is 2.41. The predicted molar refractivity (Wildman–Crippen MR) is 168 cm³/mol. The highest BCUT2D eigenvalue weighted by atomic mass is 19.4. The van der Waals surface area contributed by atoms with Gasteiger partial charge in [-0.2, -0.15) is 13.2 Å². The summed E-state index contributed by atoms with van der Waals surface area (Å²) in [7, 11) is 0. The second kappa shape index (κ2) is 12.5. The molecule has 0 amide bonds. The first-order valence-corrected chi connectivity index (χ1v) is 14.6. The van der Waals surface area contributed by atoms with Crippen LogP contribution in [0.4, 0.5) is 13.2 Å². The summed E-state index contributed by atoms with van der Waals surface area (Å²) in [5.74, 6) is -0.911. The Morgan fingerprint density at radius 1 is 0.891 bits per heavy atom. The monoisotopic (exact) mass is 622 g/mol. The lowest BCUT2D eigenvalue weighted by Gasteiger charge is -2.19. The number of halogens is 3. The highest BCUT2D eigenvalue weighted by molar-refractivity contribution is 6.01. The third-order valence-corrected chi connectivity index (χ3v) is 7.71. The molecule has 0 bridgehead atoms. The van der Waals surface area contributed by atoms with E-state index >= 15 is 0 Å². The van der Waals surface area contributed by atoms with Gasteiger partial charge in [-0.05, 0) is 104 Å². The van der Waals surface area contributed by atoms with E-state index in [1.807, 2.05) is 50.2 Å². The van der Waals surface area contributed by atoms with Crippen LogP contribution < -0.4 is 4.74 Å². The number of rotatable bonds is 9. The first-order chi connectivity index (χ1) is 22.1. The Kier molecular flexibility index (Phi) is 8.27. The molecular formula is C36H29F3N4O3. The molecule has 0 aliphatic rings. The van der Waals surface area contributed by atoms with Crippen molar-refractivity contribution in [2.45, 2.75) is 38.5 Å². The topological polar surface area (TPSA) is 90.1 Å². The largest absolute Gasteiger partial charge is 0.491 e. The minimum absolute atomic E-state index is 0.0361. The van der Waals surface area contributed by atoms with Crippen LogP contribution in [-0.4, -0.2) is 36.7 Å². The quantitative estimate of drug-likeness (QED) is 0.174. The van der Waals surface area contributed by atoms with Gasteiger partial charge in [0.15, 0.2) is 0 Å². The molecule has 6 rings (SSSR count). The maximum absolute atomic E-state index is 13.3. The number of alkyl halides is 3. The Labute approximate surface area is 263 Å². The number of hydrogen-bond donors (Lipinski definition) is 1. The molecule has 0 radical (unpaired) electrons. The molecule has 0 saturated carbocycles.